The second kappa shape index (κ2) is 8.14. The normalized spacial score (nSPS) is 19.5. The van der Waals surface area contributed by atoms with E-state index in [1.807, 2.05) is 11.4 Å². The van der Waals surface area contributed by atoms with Gasteiger partial charge >= 0.3 is 5.97 Å². The van der Waals surface area contributed by atoms with Gasteiger partial charge in [0.05, 0.1) is 10.8 Å². The molecule has 136 valence electrons. The Kier molecular flexibility index (Phi) is 5.68. The molecular formula is C19H20N2O4S. The zero-order valence-electron chi connectivity index (χ0n) is 14.1. The van der Waals surface area contributed by atoms with Crippen molar-refractivity contribution >= 4 is 40.5 Å². The second-order valence-electron chi connectivity index (χ2n) is 6.40. The first-order valence-corrected chi connectivity index (χ1v) is 9.39. The summed E-state index contributed by atoms with van der Waals surface area (Å²) in [5.74, 6) is -1.94. The van der Waals surface area contributed by atoms with E-state index in [2.05, 4.69) is 10.6 Å². The Morgan fingerprint density at radius 3 is 2.42 bits per heavy atom. The molecule has 1 aromatic heterocycles. The lowest BCUT2D eigenvalue weighted by Crippen LogP contribution is -2.30. The third kappa shape index (κ3) is 4.49. The number of aliphatic carboxylic acids is 1. The Morgan fingerprint density at radius 1 is 1.00 bits per heavy atom. The van der Waals surface area contributed by atoms with Crippen LogP contribution in [0.2, 0.25) is 0 Å². The van der Waals surface area contributed by atoms with Gasteiger partial charge in [-0.3, -0.25) is 14.4 Å². The van der Waals surface area contributed by atoms with E-state index in [9.17, 15) is 14.4 Å². The van der Waals surface area contributed by atoms with E-state index < -0.39 is 11.9 Å². The van der Waals surface area contributed by atoms with Gasteiger partial charge in [0, 0.05) is 17.3 Å². The summed E-state index contributed by atoms with van der Waals surface area (Å²) in [5, 5.41) is 16.6. The maximum Gasteiger partial charge on any atom is 0.306 e. The first kappa shape index (κ1) is 18.1. The quantitative estimate of drug-likeness (QED) is 0.743. The van der Waals surface area contributed by atoms with Gasteiger partial charge in [-0.05, 0) is 48.9 Å². The number of benzene rings is 1. The summed E-state index contributed by atoms with van der Waals surface area (Å²) in [7, 11) is 0. The van der Waals surface area contributed by atoms with Gasteiger partial charge in [-0.15, -0.1) is 11.3 Å². The molecule has 0 radical (unpaired) electrons. The molecule has 1 aromatic carbocycles. The molecule has 2 atom stereocenters. The number of carboxylic acids is 1. The number of rotatable bonds is 5. The minimum Gasteiger partial charge on any atom is -0.481 e. The van der Waals surface area contributed by atoms with E-state index in [1.54, 1.807) is 30.3 Å². The molecule has 0 aliphatic heterocycles. The maximum atomic E-state index is 12.5. The number of nitrogens with one attached hydrogen (secondary N) is 2. The second-order valence-corrected chi connectivity index (χ2v) is 7.35. The number of hydrogen-bond acceptors (Lipinski definition) is 4. The first-order chi connectivity index (χ1) is 12.5. The molecule has 0 bridgehead atoms. The predicted molar refractivity (Wildman–Crippen MR) is 100 cm³/mol. The Hall–Kier alpha value is -2.67. The van der Waals surface area contributed by atoms with Gasteiger partial charge in [0.2, 0.25) is 5.91 Å². The van der Waals surface area contributed by atoms with Crippen LogP contribution in [-0.2, 0) is 9.59 Å². The van der Waals surface area contributed by atoms with Gasteiger partial charge < -0.3 is 15.7 Å². The molecule has 1 aliphatic rings. The van der Waals surface area contributed by atoms with E-state index in [4.69, 9.17) is 5.11 Å². The van der Waals surface area contributed by atoms with Crippen LogP contribution in [0.3, 0.4) is 0 Å². The van der Waals surface area contributed by atoms with Gasteiger partial charge in [-0.1, -0.05) is 18.6 Å². The lowest BCUT2D eigenvalue weighted by atomic mass is 9.81. The van der Waals surface area contributed by atoms with E-state index in [-0.39, 0.29) is 17.7 Å². The fourth-order valence-electron chi connectivity index (χ4n) is 3.17. The number of thiophene rings is 1. The monoisotopic (exact) mass is 372 g/mol. The fraction of sp³-hybridized carbons (Fsp3) is 0.316. The molecule has 2 amide bonds. The lowest BCUT2D eigenvalue weighted by molar-refractivity contribution is -0.143. The molecule has 2 unspecified atom stereocenters. The van der Waals surface area contributed by atoms with E-state index in [0.717, 1.165) is 6.42 Å². The molecule has 0 saturated heterocycles. The van der Waals surface area contributed by atoms with Crippen LogP contribution in [0, 0.1) is 11.8 Å². The Labute approximate surface area is 155 Å². The number of carboxylic acid groups (broad SMARTS) is 1. The molecule has 3 N–H and O–H groups in total. The summed E-state index contributed by atoms with van der Waals surface area (Å²) in [6, 6.07) is 10.5. The van der Waals surface area contributed by atoms with Crippen LogP contribution in [-0.4, -0.2) is 22.9 Å². The van der Waals surface area contributed by atoms with E-state index in [0.29, 0.717) is 35.5 Å². The third-order valence-electron chi connectivity index (χ3n) is 4.53. The molecule has 0 spiro atoms. The van der Waals surface area contributed by atoms with Crippen molar-refractivity contribution in [2.45, 2.75) is 25.7 Å². The number of carbonyl (C=O) groups excluding carboxylic acids is 2. The van der Waals surface area contributed by atoms with Crippen molar-refractivity contribution in [3.63, 3.8) is 0 Å². The average molecular weight is 372 g/mol. The topological polar surface area (TPSA) is 95.5 Å². The smallest absolute Gasteiger partial charge is 0.306 e. The summed E-state index contributed by atoms with van der Waals surface area (Å²) < 4.78 is 0. The lowest BCUT2D eigenvalue weighted by Gasteiger charge is -2.25. The molecular weight excluding hydrogens is 352 g/mol. The van der Waals surface area contributed by atoms with E-state index >= 15 is 0 Å². The van der Waals surface area contributed by atoms with Crippen LogP contribution in [0.5, 0.6) is 0 Å². The zero-order valence-corrected chi connectivity index (χ0v) is 14.9. The number of amides is 2. The Balaban J connectivity index is 1.62. The summed E-state index contributed by atoms with van der Waals surface area (Å²) in [4.78, 5) is 36.3. The Bertz CT molecular complexity index is 804. The average Bonchev–Trinajstić information content (AvgIpc) is 3.17. The standard InChI is InChI=1S/C19H20N2O4S/c22-17(12-4-1-5-13(10-12)19(24)25)20-14-6-2-7-15(11-14)21-18(23)16-8-3-9-26-16/h2-3,6-9,11-13H,1,4-5,10H2,(H,20,22)(H,21,23)(H,24,25). The number of hydrogen-bond donors (Lipinski definition) is 3. The SMILES string of the molecule is O=C(Nc1cccc(NC(=O)C2CCCC(C(=O)O)C2)c1)c1cccs1. The van der Waals surface area contributed by atoms with Crippen LogP contribution < -0.4 is 10.6 Å². The van der Waals surface area contributed by atoms with Crippen molar-refractivity contribution in [1.82, 2.24) is 0 Å². The zero-order chi connectivity index (χ0) is 18.5. The van der Waals surface area contributed by atoms with Crippen molar-refractivity contribution in [2.75, 3.05) is 10.6 Å². The fourth-order valence-corrected chi connectivity index (χ4v) is 3.79. The highest BCUT2D eigenvalue weighted by molar-refractivity contribution is 7.12. The Morgan fingerprint density at radius 2 is 1.73 bits per heavy atom. The van der Waals surface area contributed by atoms with Crippen LogP contribution in [0.1, 0.15) is 35.4 Å². The molecule has 1 aliphatic carbocycles. The number of anilines is 2. The highest BCUT2D eigenvalue weighted by atomic mass is 32.1. The van der Waals surface area contributed by atoms with Gasteiger partial charge in [0.1, 0.15) is 0 Å². The van der Waals surface area contributed by atoms with Crippen LogP contribution in [0.15, 0.2) is 41.8 Å². The highest BCUT2D eigenvalue weighted by Crippen LogP contribution is 2.30. The minimum absolute atomic E-state index is 0.169. The van der Waals surface area contributed by atoms with Crippen LogP contribution in [0.25, 0.3) is 0 Å². The van der Waals surface area contributed by atoms with Crippen molar-refractivity contribution in [1.29, 1.82) is 0 Å². The first-order valence-electron chi connectivity index (χ1n) is 8.51. The van der Waals surface area contributed by atoms with Crippen molar-refractivity contribution in [3.05, 3.63) is 46.7 Å². The molecule has 1 heterocycles. The van der Waals surface area contributed by atoms with Crippen molar-refractivity contribution < 1.29 is 19.5 Å². The summed E-state index contributed by atoms with van der Waals surface area (Å²) in [6.45, 7) is 0. The largest absolute Gasteiger partial charge is 0.481 e. The number of carbonyl (C=O) groups is 3. The van der Waals surface area contributed by atoms with Crippen LogP contribution >= 0.6 is 11.3 Å². The van der Waals surface area contributed by atoms with Gasteiger partial charge in [-0.2, -0.15) is 0 Å². The predicted octanol–water partition coefficient (Wildman–Crippen LogP) is 3.83. The highest BCUT2D eigenvalue weighted by Gasteiger charge is 2.31. The van der Waals surface area contributed by atoms with E-state index in [1.165, 1.54) is 11.3 Å². The minimum atomic E-state index is -0.833. The molecule has 1 fully saturated rings. The van der Waals surface area contributed by atoms with Gasteiger partial charge in [0.15, 0.2) is 0 Å². The molecule has 26 heavy (non-hydrogen) atoms. The maximum absolute atomic E-state index is 12.5. The molecule has 6 nitrogen and oxygen atoms in total. The van der Waals surface area contributed by atoms with Crippen molar-refractivity contribution in [2.24, 2.45) is 11.8 Å². The summed E-state index contributed by atoms with van der Waals surface area (Å²) in [6.07, 6.45) is 2.44. The summed E-state index contributed by atoms with van der Waals surface area (Å²) >= 11 is 1.36. The molecule has 7 heteroatoms. The molecule has 3 rings (SSSR count). The summed E-state index contributed by atoms with van der Waals surface area (Å²) in [5.41, 5.74) is 1.17. The van der Waals surface area contributed by atoms with Crippen molar-refractivity contribution in [3.8, 4) is 0 Å². The third-order valence-corrected chi connectivity index (χ3v) is 5.40. The van der Waals surface area contributed by atoms with Gasteiger partial charge in [0.25, 0.3) is 5.91 Å². The molecule has 2 aromatic rings. The van der Waals surface area contributed by atoms with Crippen LogP contribution in [0.4, 0.5) is 11.4 Å². The molecule has 1 saturated carbocycles. The van der Waals surface area contributed by atoms with Gasteiger partial charge in [-0.25, -0.2) is 0 Å².